The second-order valence-corrected chi connectivity index (χ2v) is 5.83. The molecule has 1 amide bonds. The Morgan fingerprint density at radius 3 is 2.40 bits per heavy atom. The molecule has 110 valence electrons. The van der Waals surface area contributed by atoms with Crippen LogP contribution in [0.2, 0.25) is 0 Å². The number of anilines is 1. The fourth-order valence-corrected chi connectivity index (χ4v) is 2.83. The summed E-state index contributed by atoms with van der Waals surface area (Å²) in [6.07, 6.45) is 1.88. The lowest BCUT2D eigenvalue weighted by Crippen LogP contribution is -2.61. The molecule has 1 fully saturated rings. The van der Waals surface area contributed by atoms with Gasteiger partial charge in [0.1, 0.15) is 5.82 Å². The number of nitrogens with two attached hydrogens (primary N) is 1. The zero-order chi connectivity index (χ0) is 14.9. The van der Waals surface area contributed by atoms with Crippen LogP contribution < -0.4 is 10.6 Å². The van der Waals surface area contributed by atoms with Gasteiger partial charge in [0.05, 0.1) is 6.04 Å². The zero-order valence-electron chi connectivity index (χ0n) is 12.7. The molecule has 20 heavy (non-hydrogen) atoms. The number of amides is 1. The maximum atomic E-state index is 12.2. The molecule has 0 aliphatic carbocycles. The highest BCUT2D eigenvalue weighted by molar-refractivity contribution is 5.82. The summed E-state index contributed by atoms with van der Waals surface area (Å²) in [4.78, 5) is 20.8. The molecule has 0 radical (unpaired) electrons. The van der Waals surface area contributed by atoms with E-state index in [0.29, 0.717) is 0 Å². The van der Waals surface area contributed by atoms with Crippen LogP contribution in [-0.2, 0) is 4.79 Å². The predicted octanol–water partition coefficient (Wildman–Crippen LogP) is 1.16. The van der Waals surface area contributed by atoms with Gasteiger partial charge in [-0.2, -0.15) is 0 Å². The van der Waals surface area contributed by atoms with Crippen LogP contribution in [0.3, 0.4) is 0 Å². The predicted molar refractivity (Wildman–Crippen MR) is 80.6 cm³/mol. The number of hydrogen-bond donors (Lipinski definition) is 1. The van der Waals surface area contributed by atoms with E-state index in [2.05, 4.69) is 29.8 Å². The van der Waals surface area contributed by atoms with Crippen molar-refractivity contribution in [1.82, 2.24) is 9.88 Å². The van der Waals surface area contributed by atoms with Gasteiger partial charge in [0, 0.05) is 31.4 Å². The molecular formula is C15H24N4O. The first-order valence-corrected chi connectivity index (χ1v) is 7.15. The molecule has 0 bridgehead atoms. The van der Waals surface area contributed by atoms with Crippen molar-refractivity contribution in [3.63, 3.8) is 0 Å². The van der Waals surface area contributed by atoms with E-state index >= 15 is 0 Å². The molecule has 1 aliphatic heterocycles. The number of carbonyl (C=O) groups excluding carboxylic acids is 1. The monoisotopic (exact) mass is 276 g/mol. The third-order valence-electron chi connectivity index (χ3n) is 3.78. The van der Waals surface area contributed by atoms with Gasteiger partial charge in [-0.1, -0.05) is 6.07 Å². The molecule has 1 aliphatic rings. The third-order valence-corrected chi connectivity index (χ3v) is 3.78. The molecule has 5 nitrogen and oxygen atoms in total. The SMILES string of the molecule is Cc1ccc(N2CC(C)N(C(=O)C(C)N)C(C)C2)nc1. The van der Waals surface area contributed by atoms with Crippen LogP contribution in [0.4, 0.5) is 5.82 Å². The molecule has 0 saturated carbocycles. The maximum absolute atomic E-state index is 12.2. The van der Waals surface area contributed by atoms with Crippen molar-refractivity contribution in [1.29, 1.82) is 0 Å². The Morgan fingerprint density at radius 2 is 1.95 bits per heavy atom. The van der Waals surface area contributed by atoms with Crippen LogP contribution in [0.25, 0.3) is 0 Å². The van der Waals surface area contributed by atoms with E-state index in [1.165, 1.54) is 0 Å². The minimum absolute atomic E-state index is 0.0292. The van der Waals surface area contributed by atoms with Gasteiger partial charge >= 0.3 is 0 Å². The lowest BCUT2D eigenvalue weighted by atomic mass is 10.1. The third kappa shape index (κ3) is 2.93. The average molecular weight is 276 g/mol. The average Bonchev–Trinajstić information content (AvgIpc) is 2.38. The van der Waals surface area contributed by atoms with Crippen LogP contribution in [-0.4, -0.2) is 47.0 Å². The molecule has 2 N–H and O–H groups in total. The molecule has 2 rings (SSSR count). The van der Waals surface area contributed by atoms with Crippen LogP contribution >= 0.6 is 0 Å². The molecule has 0 aromatic carbocycles. The van der Waals surface area contributed by atoms with Gasteiger partial charge in [-0.25, -0.2) is 4.98 Å². The largest absolute Gasteiger partial charge is 0.353 e. The van der Waals surface area contributed by atoms with Crippen molar-refractivity contribution in [2.24, 2.45) is 5.73 Å². The van der Waals surface area contributed by atoms with Gasteiger partial charge in [-0.05, 0) is 39.3 Å². The summed E-state index contributed by atoms with van der Waals surface area (Å²) < 4.78 is 0. The molecule has 2 heterocycles. The molecule has 3 unspecified atom stereocenters. The first kappa shape index (κ1) is 14.8. The standard InChI is InChI=1S/C15H24N4O/c1-10-5-6-14(17-7-10)18-8-11(2)19(12(3)9-18)15(20)13(4)16/h5-7,11-13H,8-9,16H2,1-4H3. The Balaban J connectivity index is 2.13. The summed E-state index contributed by atoms with van der Waals surface area (Å²) in [5, 5.41) is 0. The second-order valence-electron chi connectivity index (χ2n) is 5.83. The van der Waals surface area contributed by atoms with Gasteiger partial charge < -0.3 is 15.5 Å². The Kier molecular flexibility index (Phi) is 4.28. The summed E-state index contributed by atoms with van der Waals surface area (Å²) >= 11 is 0. The highest BCUT2D eigenvalue weighted by Crippen LogP contribution is 2.21. The van der Waals surface area contributed by atoms with E-state index in [0.717, 1.165) is 24.5 Å². The Bertz CT molecular complexity index is 459. The van der Waals surface area contributed by atoms with Gasteiger partial charge in [0.25, 0.3) is 0 Å². The molecule has 3 atom stereocenters. The second kappa shape index (κ2) is 5.79. The Morgan fingerprint density at radius 1 is 1.35 bits per heavy atom. The lowest BCUT2D eigenvalue weighted by Gasteiger charge is -2.45. The zero-order valence-corrected chi connectivity index (χ0v) is 12.7. The first-order chi connectivity index (χ1) is 9.40. The van der Waals surface area contributed by atoms with Gasteiger partial charge in [-0.15, -0.1) is 0 Å². The normalized spacial score (nSPS) is 24.6. The Labute approximate surface area is 120 Å². The van der Waals surface area contributed by atoms with Crippen LogP contribution in [0.1, 0.15) is 26.3 Å². The topological polar surface area (TPSA) is 62.5 Å². The number of aryl methyl sites for hydroxylation is 1. The van der Waals surface area contributed by atoms with E-state index in [1.54, 1.807) is 6.92 Å². The quantitative estimate of drug-likeness (QED) is 0.880. The number of carbonyl (C=O) groups is 1. The van der Waals surface area contributed by atoms with Crippen LogP contribution in [0.15, 0.2) is 18.3 Å². The first-order valence-electron chi connectivity index (χ1n) is 7.15. The van der Waals surface area contributed by atoms with Crippen molar-refractivity contribution in [2.45, 2.75) is 45.8 Å². The maximum Gasteiger partial charge on any atom is 0.239 e. The van der Waals surface area contributed by atoms with Crippen molar-refractivity contribution in [3.8, 4) is 0 Å². The highest BCUT2D eigenvalue weighted by Gasteiger charge is 2.34. The summed E-state index contributed by atoms with van der Waals surface area (Å²) in [7, 11) is 0. The summed E-state index contributed by atoms with van der Waals surface area (Å²) in [5.41, 5.74) is 6.89. The number of rotatable bonds is 2. The molecule has 1 saturated heterocycles. The van der Waals surface area contributed by atoms with Crippen LogP contribution in [0, 0.1) is 6.92 Å². The van der Waals surface area contributed by atoms with Crippen molar-refractivity contribution < 1.29 is 4.79 Å². The number of hydrogen-bond acceptors (Lipinski definition) is 4. The lowest BCUT2D eigenvalue weighted by molar-refractivity contribution is -0.137. The molecule has 0 spiro atoms. The fourth-order valence-electron chi connectivity index (χ4n) is 2.83. The van der Waals surface area contributed by atoms with E-state index in [4.69, 9.17) is 5.73 Å². The highest BCUT2D eigenvalue weighted by atomic mass is 16.2. The van der Waals surface area contributed by atoms with Crippen LogP contribution in [0.5, 0.6) is 0 Å². The summed E-state index contributed by atoms with van der Waals surface area (Å²) in [6, 6.07) is 3.94. The van der Waals surface area contributed by atoms with Gasteiger partial charge in [0.2, 0.25) is 5.91 Å². The summed E-state index contributed by atoms with van der Waals surface area (Å²) in [5.74, 6) is 1.00. The number of piperazine rings is 1. The van der Waals surface area contributed by atoms with Crippen molar-refractivity contribution in [3.05, 3.63) is 23.9 Å². The minimum atomic E-state index is -0.441. The van der Waals surface area contributed by atoms with E-state index in [1.807, 2.05) is 24.1 Å². The molecular weight excluding hydrogens is 252 g/mol. The van der Waals surface area contributed by atoms with Crippen molar-refractivity contribution in [2.75, 3.05) is 18.0 Å². The van der Waals surface area contributed by atoms with E-state index < -0.39 is 6.04 Å². The van der Waals surface area contributed by atoms with E-state index in [-0.39, 0.29) is 18.0 Å². The molecule has 1 aromatic heterocycles. The van der Waals surface area contributed by atoms with E-state index in [9.17, 15) is 4.79 Å². The molecule has 1 aromatic rings. The van der Waals surface area contributed by atoms with Crippen molar-refractivity contribution >= 4 is 11.7 Å². The smallest absolute Gasteiger partial charge is 0.239 e. The van der Waals surface area contributed by atoms with Gasteiger partial charge in [-0.3, -0.25) is 4.79 Å². The fraction of sp³-hybridized carbons (Fsp3) is 0.600. The number of aromatic nitrogens is 1. The van der Waals surface area contributed by atoms with Gasteiger partial charge in [0.15, 0.2) is 0 Å². The Hall–Kier alpha value is -1.62. The minimum Gasteiger partial charge on any atom is -0.353 e. The number of nitrogens with zero attached hydrogens (tertiary/aromatic N) is 3. The summed E-state index contributed by atoms with van der Waals surface area (Å²) in [6.45, 7) is 9.49. The molecule has 5 heteroatoms. The number of pyridine rings is 1.